The lowest BCUT2D eigenvalue weighted by Gasteiger charge is -2.16. The number of hydrogen-bond acceptors (Lipinski definition) is 2. The average molecular weight is 327 g/mol. The summed E-state index contributed by atoms with van der Waals surface area (Å²) < 4.78 is 1.07. The maximum absolute atomic E-state index is 4.23. The number of likely N-dealkylation sites (N-methyl/N-ethyl adjacent to an activating group) is 1. The molecule has 1 rings (SSSR count). The monoisotopic (exact) mass is 326 g/mol. The summed E-state index contributed by atoms with van der Waals surface area (Å²) in [6.45, 7) is 2.27. The highest BCUT2D eigenvalue weighted by atomic mass is 79.9. The van der Waals surface area contributed by atoms with E-state index in [1.807, 2.05) is 12.4 Å². The fraction of sp³-hybridized carbons (Fsp3) is 0.688. The van der Waals surface area contributed by atoms with E-state index in [1.165, 1.54) is 50.5 Å². The second-order valence-corrected chi connectivity index (χ2v) is 6.17. The Morgan fingerprint density at radius 2 is 1.89 bits per heavy atom. The van der Waals surface area contributed by atoms with Crippen LogP contribution >= 0.6 is 15.9 Å². The molecule has 0 bridgehead atoms. The summed E-state index contributed by atoms with van der Waals surface area (Å²) in [6, 6.07) is 2.74. The standard InChI is InChI=1S/C16H27BrN2/c1-3-4-5-6-7-8-9-16(18-2)11-14-10-15(17)13-19-12-14/h10,12-13,16,18H,3-9,11H2,1-2H3. The van der Waals surface area contributed by atoms with Gasteiger partial charge in [0.1, 0.15) is 0 Å². The molecule has 1 aromatic heterocycles. The third-order valence-corrected chi connectivity index (χ3v) is 3.99. The molecule has 1 unspecified atom stereocenters. The van der Waals surface area contributed by atoms with Crippen molar-refractivity contribution in [2.75, 3.05) is 7.05 Å². The minimum absolute atomic E-state index is 0.572. The zero-order valence-electron chi connectivity index (χ0n) is 12.3. The molecule has 0 fully saturated rings. The van der Waals surface area contributed by atoms with Crippen LogP contribution in [0.15, 0.2) is 22.9 Å². The molecular formula is C16H27BrN2. The van der Waals surface area contributed by atoms with Crippen molar-refractivity contribution >= 4 is 15.9 Å². The highest BCUT2D eigenvalue weighted by Gasteiger charge is 2.07. The highest BCUT2D eigenvalue weighted by Crippen LogP contribution is 2.14. The lowest BCUT2D eigenvalue weighted by molar-refractivity contribution is 0.479. The van der Waals surface area contributed by atoms with E-state index in [0.29, 0.717) is 6.04 Å². The van der Waals surface area contributed by atoms with E-state index in [9.17, 15) is 0 Å². The first-order valence-corrected chi connectivity index (χ1v) is 8.32. The van der Waals surface area contributed by atoms with Crippen molar-refractivity contribution in [2.45, 2.75) is 64.3 Å². The second-order valence-electron chi connectivity index (χ2n) is 5.26. The van der Waals surface area contributed by atoms with Crippen LogP contribution in [0.1, 0.15) is 57.4 Å². The molecule has 19 heavy (non-hydrogen) atoms. The Balaban J connectivity index is 2.22. The predicted octanol–water partition coefficient (Wildman–Crippen LogP) is 4.73. The van der Waals surface area contributed by atoms with Crippen LogP contribution in [-0.2, 0) is 6.42 Å². The smallest absolute Gasteiger partial charge is 0.0410 e. The summed E-state index contributed by atoms with van der Waals surface area (Å²) in [5.74, 6) is 0. The molecule has 0 radical (unpaired) electrons. The zero-order chi connectivity index (χ0) is 13.9. The van der Waals surface area contributed by atoms with Gasteiger partial charge in [-0.3, -0.25) is 4.98 Å². The van der Waals surface area contributed by atoms with Crippen LogP contribution in [0.3, 0.4) is 0 Å². The third kappa shape index (κ3) is 7.68. The minimum atomic E-state index is 0.572. The Hall–Kier alpha value is -0.410. The molecule has 3 heteroatoms. The first-order valence-electron chi connectivity index (χ1n) is 7.53. The van der Waals surface area contributed by atoms with Gasteiger partial charge in [0.05, 0.1) is 0 Å². The van der Waals surface area contributed by atoms with Gasteiger partial charge in [-0.25, -0.2) is 0 Å². The van der Waals surface area contributed by atoms with Gasteiger partial charge in [-0.2, -0.15) is 0 Å². The van der Waals surface area contributed by atoms with Gasteiger partial charge in [0, 0.05) is 22.9 Å². The van der Waals surface area contributed by atoms with Crippen LogP contribution in [-0.4, -0.2) is 18.1 Å². The molecule has 1 N–H and O–H groups in total. The zero-order valence-corrected chi connectivity index (χ0v) is 13.9. The number of unbranched alkanes of at least 4 members (excludes halogenated alkanes) is 5. The summed E-state index contributed by atoms with van der Waals surface area (Å²) in [7, 11) is 2.06. The summed E-state index contributed by atoms with van der Waals surface area (Å²) >= 11 is 3.48. The Labute approximate surface area is 126 Å². The van der Waals surface area contributed by atoms with E-state index in [4.69, 9.17) is 0 Å². The highest BCUT2D eigenvalue weighted by molar-refractivity contribution is 9.10. The van der Waals surface area contributed by atoms with Gasteiger partial charge in [-0.1, -0.05) is 45.4 Å². The summed E-state index contributed by atoms with van der Waals surface area (Å²) in [4.78, 5) is 4.23. The Kier molecular flexibility index (Phi) is 9.10. The van der Waals surface area contributed by atoms with E-state index >= 15 is 0 Å². The number of nitrogens with zero attached hydrogens (tertiary/aromatic N) is 1. The summed E-state index contributed by atoms with van der Waals surface area (Å²) in [5.41, 5.74) is 1.31. The molecule has 1 aromatic rings. The topological polar surface area (TPSA) is 24.9 Å². The van der Waals surface area contributed by atoms with E-state index in [1.54, 1.807) is 0 Å². The average Bonchev–Trinajstić information content (AvgIpc) is 2.41. The largest absolute Gasteiger partial charge is 0.317 e. The lowest BCUT2D eigenvalue weighted by atomic mass is 10.0. The number of pyridine rings is 1. The predicted molar refractivity (Wildman–Crippen MR) is 86.5 cm³/mol. The molecule has 0 aromatic carbocycles. The van der Waals surface area contributed by atoms with Crippen molar-refractivity contribution in [1.82, 2.24) is 10.3 Å². The molecular weight excluding hydrogens is 300 g/mol. The quantitative estimate of drug-likeness (QED) is 0.629. The second kappa shape index (κ2) is 10.4. The number of hydrogen-bond donors (Lipinski definition) is 1. The van der Waals surface area contributed by atoms with Crippen molar-refractivity contribution in [3.63, 3.8) is 0 Å². The molecule has 0 saturated heterocycles. The number of halogens is 1. The molecule has 0 amide bonds. The maximum atomic E-state index is 4.23. The number of nitrogens with one attached hydrogen (secondary N) is 1. The Morgan fingerprint density at radius 3 is 2.58 bits per heavy atom. The van der Waals surface area contributed by atoms with Crippen molar-refractivity contribution in [3.8, 4) is 0 Å². The van der Waals surface area contributed by atoms with Crippen LogP contribution in [0.25, 0.3) is 0 Å². The van der Waals surface area contributed by atoms with Gasteiger partial charge in [0.25, 0.3) is 0 Å². The van der Waals surface area contributed by atoms with Crippen molar-refractivity contribution in [1.29, 1.82) is 0 Å². The SMILES string of the molecule is CCCCCCCCC(Cc1cncc(Br)c1)NC. The van der Waals surface area contributed by atoms with Crippen molar-refractivity contribution < 1.29 is 0 Å². The lowest BCUT2D eigenvalue weighted by Crippen LogP contribution is -2.27. The van der Waals surface area contributed by atoms with Gasteiger partial charge in [-0.05, 0) is 47.4 Å². The van der Waals surface area contributed by atoms with Crippen molar-refractivity contribution in [3.05, 3.63) is 28.5 Å². The number of aromatic nitrogens is 1. The molecule has 0 aliphatic carbocycles. The van der Waals surface area contributed by atoms with Gasteiger partial charge in [-0.15, -0.1) is 0 Å². The first-order chi connectivity index (χ1) is 9.26. The molecule has 0 aliphatic rings. The molecule has 0 aliphatic heterocycles. The van der Waals surface area contributed by atoms with E-state index in [-0.39, 0.29) is 0 Å². The Bertz CT molecular complexity index is 341. The number of rotatable bonds is 10. The van der Waals surface area contributed by atoms with Gasteiger partial charge in [0.2, 0.25) is 0 Å². The Morgan fingerprint density at radius 1 is 1.16 bits per heavy atom. The fourth-order valence-electron chi connectivity index (χ4n) is 2.37. The first kappa shape index (κ1) is 16.6. The summed E-state index contributed by atoms with van der Waals surface area (Å²) in [5, 5.41) is 3.43. The van der Waals surface area contributed by atoms with Crippen LogP contribution in [0, 0.1) is 0 Å². The molecule has 0 spiro atoms. The van der Waals surface area contributed by atoms with Crippen LogP contribution < -0.4 is 5.32 Å². The third-order valence-electron chi connectivity index (χ3n) is 3.56. The van der Waals surface area contributed by atoms with Gasteiger partial charge in [0.15, 0.2) is 0 Å². The molecule has 0 saturated carbocycles. The summed E-state index contributed by atoms with van der Waals surface area (Å²) in [6.07, 6.45) is 14.3. The van der Waals surface area contributed by atoms with Crippen LogP contribution in [0.2, 0.25) is 0 Å². The molecule has 2 nitrogen and oxygen atoms in total. The molecule has 1 heterocycles. The van der Waals surface area contributed by atoms with E-state index in [0.717, 1.165) is 10.9 Å². The van der Waals surface area contributed by atoms with Crippen LogP contribution in [0.4, 0.5) is 0 Å². The van der Waals surface area contributed by atoms with Crippen LogP contribution in [0.5, 0.6) is 0 Å². The van der Waals surface area contributed by atoms with Gasteiger partial charge < -0.3 is 5.32 Å². The van der Waals surface area contributed by atoms with Crippen molar-refractivity contribution in [2.24, 2.45) is 0 Å². The normalized spacial score (nSPS) is 12.6. The van der Waals surface area contributed by atoms with Gasteiger partial charge >= 0.3 is 0 Å². The minimum Gasteiger partial charge on any atom is -0.317 e. The molecule has 108 valence electrons. The maximum Gasteiger partial charge on any atom is 0.0410 e. The molecule has 1 atom stereocenters. The fourth-order valence-corrected chi connectivity index (χ4v) is 2.78. The van der Waals surface area contributed by atoms with E-state index in [2.05, 4.69) is 46.3 Å². The van der Waals surface area contributed by atoms with E-state index < -0.39 is 0 Å².